The summed E-state index contributed by atoms with van der Waals surface area (Å²) in [5.41, 5.74) is 3.15. The molecule has 1 aromatic heterocycles. The zero-order valence-corrected chi connectivity index (χ0v) is 18.3. The van der Waals surface area contributed by atoms with Crippen molar-refractivity contribution in [3.63, 3.8) is 0 Å². The van der Waals surface area contributed by atoms with E-state index in [4.69, 9.17) is 14.9 Å². The molecule has 1 aromatic carbocycles. The molecule has 0 saturated heterocycles. The highest BCUT2D eigenvalue weighted by molar-refractivity contribution is 6.34. The molecule has 176 valence electrons. The zero-order chi connectivity index (χ0) is 24.3. The zero-order valence-electron chi connectivity index (χ0n) is 18.3. The Kier molecular flexibility index (Phi) is 7.26. The number of methoxy groups -OCH3 is 1. The molecule has 0 bridgehead atoms. The van der Waals surface area contributed by atoms with Crippen molar-refractivity contribution in [2.75, 3.05) is 25.5 Å². The van der Waals surface area contributed by atoms with E-state index in [1.54, 1.807) is 19.9 Å². The van der Waals surface area contributed by atoms with E-state index in [-0.39, 0.29) is 24.6 Å². The van der Waals surface area contributed by atoms with Crippen molar-refractivity contribution < 1.29 is 33.7 Å². The lowest BCUT2D eigenvalue weighted by molar-refractivity contribution is -0.133. The summed E-state index contributed by atoms with van der Waals surface area (Å²) in [6.07, 6.45) is -1.18. The Hall–Kier alpha value is -3.54. The van der Waals surface area contributed by atoms with Crippen molar-refractivity contribution in [1.29, 1.82) is 0 Å². The smallest absolute Gasteiger partial charge is 0.256 e. The van der Waals surface area contributed by atoms with Crippen molar-refractivity contribution in [2.45, 2.75) is 26.2 Å². The standard InChI is InChI=1S/C22H25FN4O6/c1-10-16(7-14-13-6-12(23)4-5-15(13)27-20(14)30)26-11(2)19(10)22(32)24-8-17(33-3)21(31)25-9-18(28)29/h4-7,17-18,26,28-29H,8-9H2,1-3H3,(H,24,32)(H,25,31)(H,27,30)/b14-7-. The van der Waals surface area contributed by atoms with Crippen molar-refractivity contribution in [1.82, 2.24) is 15.6 Å². The summed E-state index contributed by atoms with van der Waals surface area (Å²) in [5, 5.41) is 25.3. The number of benzene rings is 1. The summed E-state index contributed by atoms with van der Waals surface area (Å²) in [6.45, 7) is 2.86. The molecule has 0 fully saturated rings. The minimum atomic E-state index is -1.70. The van der Waals surface area contributed by atoms with Gasteiger partial charge in [-0.1, -0.05) is 0 Å². The van der Waals surface area contributed by atoms with Gasteiger partial charge in [-0.15, -0.1) is 0 Å². The van der Waals surface area contributed by atoms with Gasteiger partial charge in [0.25, 0.3) is 17.7 Å². The van der Waals surface area contributed by atoms with Gasteiger partial charge in [-0.25, -0.2) is 4.39 Å². The first-order valence-corrected chi connectivity index (χ1v) is 10.1. The van der Waals surface area contributed by atoms with Gasteiger partial charge in [0.05, 0.1) is 24.2 Å². The Morgan fingerprint density at radius 1 is 1.21 bits per heavy atom. The summed E-state index contributed by atoms with van der Waals surface area (Å²) >= 11 is 0. The predicted molar refractivity (Wildman–Crippen MR) is 118 cm³/mol. The van der Waals surface area contributed by atoms with Gasteiger partial charge >= 0.3 is 0 Å². The lowest BCUT2D eigenvalue weighted by Crippen LogP contribution is -2.45. The third-order valence-corrected chi connectivity index (χ3v) is 5.24. The molecule has 3 rings (SSSR count). The summed E-state index contributed by atoms with van der Waals surface area (Å²) in [6, 6.07) is 4.01. The molecule has 11 heteroatoms. The number of hydrogen-bond acceptors (Lipinski definition) is 6. The quantitative estimate of drug-likeness (QED) is 0.248. The Balaban J connectivity index is 1.78. The van der Waals surface area contributed by atoms with Crippen LogP contribution in [-0.4, -0.2) is 65.5 Å². The van der Waals surface area contributed by atoms with Gasteiger partial charge in [0.1, 0.15) is 5.82 Å². The number of ether oxygens (including phenoxy) is 1. The van der Waals surface area contributed by atoms with Crippen molar-refractivity contribution >= 4 is 35.1 Å². The molecule has 2 heterocycles. The first kappa shape index (κ1) is 24.1. The molecule has 6 N–H and O–H groups in total. The summed E-state index contributed by atoms with van der Waals surface area (Å²) in [5.74, 6) is -1.93. The number of aliphatic hydroxyl groups is 2. The average Bonchev–Trinajstić information content (AvgIpc) is 3.21. The van der Waals surface area contributed by atoms with Crippen LogP contribution in [0.3, 0.4) is 0 Å². The Bertz CT molecular complexity index is 1120. The van der Waals surface area contributed by atoms with Gasteiger partial charge in [-0.2, -0.15) is 0 Å². The third kappa shape index (κ3) is 5.28. The Labute approximate surface area is 188 Å². The first-order valence-electron chi connectivity index (χ1n) is 10.1. The van der Waals surface area contributed by atoms with E-state index in [2.05, 4.69) is 20.9 Å². The lowest BCUT2D eigenvalue weighted by atomic mass is 10.0. The van der Waals surface area contributed by atoms with Crippen LogP contribution in [0.25, 0.3) is 11.6 Å². The highest BCUT2D eigenvalue weighted by atomic mass is 19.1. The van der Waals surface area contributed by atoms with Gasteiger partial charge in [0.15, 0.2) is 12.4 Å². The fourth-order valence-corrected chi connectivity index (χ4v) is 3.57. The maximum absolute atomic E-state index is 13.7. The van der Waals surface area contributed by atoms with E-state index >= 15 is 0 Å². The van der Waals surface area contributed by atoms with Gasteiger partial charge in [-0.3, -0.25) is 14.4 Å². The van der Waals surface area contributed by atoms with Gasteiger partial charge in [-0.05, 0) is 43.7 Å². The Morgan fingerprint density at radius 3 is 2.61 bits per heavy atom. The average molecular weight is 460 g/mol. The van der Waals surface area contributed by atoms with Crippen LogP contribution in [0.4, 0.5) is 10.1 Å². The third-order valence-electron chi connectivity index (χ3n) is 5.24. The summed E-state index contributed by atoms with van der Waals surface area (Å²) in [7, 11) is 1.29. The van der Waals surface area contributed by atoms with Crippen LogP contribution in [0, 0.1) is 19.7 Å². The van der Waals surface area contributed by atoms with Crippen LogP contribution in [0.1, 0.15) is 32.9 Å². The van der Waals surface area contributed by atoms with Crippen LogP contribution in [0.5, 0.6) is 0 Å². The topological polar surface area (TPSA) is 153 Å². The number of carbonyl (C=O) groups is 3. The molecule has 0 saturated carbocycles. The molecule has 1 unspecified atom stereocenters. The number of carbonyl (C=O) groups excluding carboxylic acids is 3. The number of anilines is 1. The minimum absolute atomic E-state index is 0.155. The number of nitrogens with one attached hydrogen (secondary N) is 4. The number of aryl methyl sites for hydroxylation is 1. The molecule has 1 aliphatic rings. The fraction of sp³-hybridized carbons (Fsp3) is 0.318. The molecular formula is C22H25FN4O6. The molecule has 0 aliphatic carbocycles. The van der Waals surface area contributed by atoms with E-state index in [0.29, 0.717) is 33.8 Å². The monoisotopic (exact) mass is 460 g/mol. The van der Waals surface area contributed by atoms with Gasteiger partial charge in [0.2, 0.25) is 0 Å². The normalized spacial score (nSPS) is 14.9. The van der Waals surface area contributed by atoms with E-state index in [1.807, 2.05) is 0 Å². The van der Waals surface area contributed by atoms with Gasteiger partial charge in [0, 0.05) is 29.7 Å². The number of fused-ring (bicyclic) bond motifs is 1. The number of hydrogen-bond donors (Lipinski definition) is 6. The molecule has 1 aliphatic heterocycles. The number of amides is 3. The maximum atomic E-state index is 13.7. The second-order valence-corrected chi connectivity index (χ2v) is 7.53. The number of rotatable bonds is 8. The van der Waals surface area contributed by atoms with Crippen LogP contribution in [0.15, 0.2) is 18.2 Å². The number of aromatic nitrogens is 1. The second kappa shape index (κ2) is 9.94. The van der Waals surface area contributed by atoms with E-state index in [9.17, 15) is 18.8 Å². The second-order valence-electron chi connectivity index (χ2n) is 7.53. The number of aromatic amines is 1. The minimum Gasteiger partial charge on any atom is -0.370 e. The number of aliphatic hydroxyl groups excluding tert-OH is 1. The van der Waals surface area contributed by atoms with Crippen molar-refractivity contribution in [3.8, 4) is 0 Å². The lowest BCUT2D eigenvalue weighted by Gasteiger charge is -2.16. The van der Waals surface area contributed by atoms with Crippen molar-refractivity contribution in [3.05, 3.63) is 52.1 Å². The molecule has 10 nitrogen and oxygen atoms in total. The summed E-state index contributed by atoms with van der Waals surface area (Å²) < 4.78 is 18.7. The maximum Gasteiger partial charge on any atom is 0.256 e. The van der Waals surface area contributed by atoms with E-state index < -0.39 is 30.0 Å². The van der Waals surface area contributed by atoms with Crippen LogP contribution in [0.2, 0.25) is 0 Å². The van der Waals surface area contributed by atoms with Gasteiger partial charge < -0.3 is 35.9 Å². The van der Waals surface area contributed by atoms with Crippen LogP contribution >= 0.6 is 0 Å². The molecule has 33 heavy (non-hydrogen) atoms. The summed E-state index contributed by atoms with van der Waals surface area (Å²) in [4.78, 5) is 40.3. The van der Waals surface area contributed by atoms with E-state index in [0.717, 1.165) is 0 Å². The highest BCUT2D eigenvalue weighted by Gasteiger charge is 2.26. The van der Waals surface area contributed by atoms with Crippen LogP contribution < -0.4 is 16.0 Å². The SMILES string of the molecule is COC(CNC(=O)c1c(C)[nH]c(/C=C2\C(=O)Nc3ccc(F)cc32)c1C)C(=O)NCC(O)O. The number of halogens is 1. The first-order chi connectivity index (χ1) is 15.6. The molecule has 1 atom stereocenters. The van der Waals surface area contributed by atoms with Crippen LogP contribution in [-0.2, 0) is 14.3 Å². The highest BCUT2D eigenvalue weighted by Crippen LogP contribution is 2.34. The molecular weight excluding hydrogens is 435 g/mol. The van der Waals surface area contributed by atoms with E-state index in [1.165, 1.54) is 25.3 Å². The molecule has 2 aromatic rings. The Morgan fingerprint density at radius 2 is 1.94 bits per heavy atom. The van der Waals surface area contributed by atoms with Crippen molar-refractivity contribution in [2.24, 2.45) is 0 Å². The molecule has 3 amide bonds. The molecule has 0 radical (unpaired) electrons. The largest absolute Gasteiger partial charge is 0.370 e. The predicted octanol–water partition coefficient (Wildman–Crippen LogP) is 0.435. The number of H-pyrrole nitrogens is 1. The molecule has 0 spiro atoms. The fourth-order valence-electron chi connectivity index (χ4n) is 3.57.